The molecule has 0 radical (unpaired) electrons. The van der Waals surface area contributed by atoms with E-state index in [1.165, 1.54) is 19.3 Å². The fourth-order valence-electron chi connectivity index (χ4n) is 4.52. The fraction of sp³-hybridized carbons (Fsp3) is 0.542. The standard InChI is InChI=1S/C24H33N5O3/c1-18-6-3-4-12-27(18)13-5-11-25-23(30)21-16-22-24(31)28(14-15-29(22)26-21)17-19-7-9-20(32-2)10-8-19/h7-10,16,18H,3-6,11-15,17H2,1-2H3,(H,25,30). The number of carbonyl (C=O) groups excluding carboxylic acids is 2. The zero-order valence-electron chi connectivity index (χ0n) is 19.0. The number of benzene rings is 1. The molecule has 8 heteroatoms. The van der Waals surface area contributed by atoms with Gasteiger partial charge in [0.2, 0.25) is 0 Å². The summed E-state index contributed by atoms with van der Waals surface area (Å²) in [7, 11) is 1.63. The van der Waals surface area contributed by atoms with Crippen molar-refractivity contribution in [2.45, 2.75) is 51.7 Å². The monoisotopic (exact) mass is 439 g/mol. The van der Waals surface area contributed by atoms with Crippen molar-refractivity contribution in [2.24, 2.45) is 0 Å². The number of rotatable bonds is 8. The van der Waals surface area contributed by atoms with Gasteiger partial charge in [-0.3, -0.25) is 14.3 Å². The van der Waals surface area contributed by atoms with Crippen molar-refractivity contribution in [1.82, 2.24) is 24.9 Å². The Labute approximate surface area is 189 Å². The van der Waals surface area contributed by atoms with Gasteiger partial charge in [-0.2, -0.15) is 5.10 Å². The minimum Gasteiger partial charge on any atom is -0.497 e. The highest BCUT2D eigenvalue weighted by Crippen LogP contribution is 2.19. The second kappa shape index (κ2) is 10.2. The highest BCUT2D eigenvalue weighted by Gasteiger charge is 2.28. The maximum atomic E-state index is 12.9. The molecule has 2 aliphatic heterocycles. The van der Waals surface area contributed by atoms with E-state index in [0.717, 1.165) is 30.8 Å². The number of likely N-dealkylation sites (tertiary alicyclic amines) is 1. The van der Waals surface area contributed by atoms with Gasteiger partial charge in [0.25, 0.3) is 11.8 Å². The van der Waals surface area contributed by atoms with Crippen LogP contribution in [0.5, 0.6) is 5.75 Å². The van der Waals surface area contributed by atoms with E-state index >= 15 is 0 Å². The quantitative estimate of drug-likeness (QED) is 0.640. The second-order valence-electron chi connectivity index (χ2n) is 8.70. The number of methoxy groups -OCH3 is 1. The van der Waals surface area contributed by atoms with E-state index < -0.39 is 0 Å². The predicted molar refractivity (Wildman–Crippen MR) is 122 cm³/mol. The Morgan fingerprint density at radius 2 is 2.00 bits per heavy atom. The van der Waals surface area contributed by atoms with E-state index in [4.69, 9.17) is 4.74 Å². The van der Waals surface area contributed by atoms with Gasteiger partial charge in [0.15, 0.2) is 5.69 Å². The van der Waals surface area contributed by atoms with E-state index in [0.29, 0.717) is 43.6 Å². The van der Waals surface area contributed by atoms with Gasteiger partial charge >= 0.3 is 0 Å². The maximum absolute atomic E-state index is 12.9. The lowest BCUT2D eigenvalue weighted by Crippen LogP contribution is -2.39. The first-order valence-electron chi connectivity index (χ1n) is 11.6. The summed E-state index contributed by atoms with van der Waals surface area (Å²) in [6.45, 7) is 6.71. The van der Waals surface area contributed by atoms with Crippen molar-refractivity contribution in [2.75, 3.05) is 33.3 Å². The maximum Gasteiger partial charge on any atom is 0.272 e. The number of amides is 2. The highest BCUT2D eigenvalue weighted by molar-refractivity contribution is 5.98. The number of carbonyl (C=O) groups is 2. The highest BCUT2D eigenvalue weighted by atomic mass is 16.5. The van der Waals surface area contributed by atoms with Crippen LogP contribution in [0.4, 0.5) is 0 Å². The number of aromatic nitrogens is 2. The molecule has 1 aromatic carbocycles. The molecule has 1 atom stereocenters. The molecule has 0 spiro atoms. The molecule has 1 N–H and O–H groups in total. The summed E-state index contributed by atoms with van der Waals surface area (Å²) in [5, 5.41) is 7.34. The van der Waals surface area contributed by atoms with E-state index in [1.54, 1.807) is 22.8 Å². The molecule has 0 saturated carbocycles. The third kappa shape index (κ3) is 5.12. The first-order valence-corrected chi connectivity index (χ1v) is 11.6. The van der Waals surface area contributed by atoms with Crippen LogP contribution in [-0.4, -0.2) is 70.7 Å². The molecular formula is C24H33N5O3. The molecule has 1 aromatic heterocycles. The summed E-state index contributed by atoms with van der Waals surface area (Å²) >= 11 is 0. The third-order valence-corrected chi connectivity index (χ3v) is 6.48. The van der Waals surface area contributed by atoms with E-state index in [2.05, 4.69) is 22.2 Å². The lowest BCUT2D eigenvalue weighted by Gasteiger charge is -2.33. The zero-order valence-corrected chi connectivity index (χ0v) is 19.0. The molecule has 2 aliphatic rings. The van der Waals surface area contributed by atoms with Crippen LogP contribution in [0, 0.1) is 0 Å². The first-order chi connectivity index (χ1) is 15.5. The Hall–Kier alpha value is -2.87. The van der Waals surface area contributed by atoms with Crippen molar-refractivity contribution >= 4 is 11.8 Å². The minimum absolute atomic E-state index is 0.0993. The summed E-state index contributed by atoms with van der Waals surface area (Å²) in [4.78, 5) is 29.8. The van der Waals surface area contributed by atoms with Crippen molar-refractivity contribution < 1.29 is 14.3 Å². The molecule has 3 heterocycles. The molecule has 0 aliphatic carbocycles. The number of nitrogens with zero attached hydrogens (tertiary/aromatic N) is 4. The number of fused-ring (bicyclic) bond motifs is 1. The molecular weight excluding hydrogens is 406 g/mol. The van der Waals surface area contributed by atoms with Crippen LogP contribution in [0.25, 0.3) is 0 Å². The molecule has 1 saturated heterocycles. The van der Waals surface area contributed by atoms with Crippen LogP contribution in [0.15, 0.2) is 30.3 Å². The van der Waals surface area contributed by atoms with Crippen molar-refractivity contribution in [3.63, 3.8) is 0 Å². The Balaban J connectivity index is 1.29. The number of hydrogen-bond acceptors (Lipinski definition) is 5. The number of nitrogens with one attached hydrogen (secondary N) is 1. The lowest BCUT2D eigenvalue weighted by molar-refractivity contribution is 0.0683. The molecule has 8 nitrogen and oxygen atoms in total. The van der Waals surface area contributed by atoms with E-state index in [1.807, 2.05) is 24.3 Å². The topological polar surface area (TPSA) is 79.7 Å². The van der Waals surface area contributed by atoms with E-state index in [-0.39, 0.29) is 11.8 Å². The van der Waals surface area contributed by atoms with Crippen LogP contribution >= 0.6 is 0 Å². The van der Waals surface area contributed by atoms with Crippen molar-refractivity contribution in [1.29, 1.82) is 0 Å². The van der Waals surface area contributed by atoms with E-state index in [9.17, 15) is 9.59 Å². The Morgan fingerprint density at radius 3 is 2.75 bits per heavy atom. The van der Waals surface area contributed by atoms with Gasteiger partial charge in [0, 0.05) is 38.3 Å². The third-order valence-electron chi connectivity index (χ3n) is 6.48. The summed E-state index contributed by atoms with van der Waals surface area (Å²) in [6, 6.07) is 9.95. The van der Waals surface area contributed by atoms with Gasteiger partial charge in [0.1, 0.15) is 11.4 Å². The van der Waals surface area contributed by atoms with Gasteiger partial charge < -0.3 is 19.9 Å². The SMILES string of the molecule is COc1ccc(CN2CCn3nc(C(=O)NCCCN4CCCCC4C)cc3C2=O)cc1. The van der Waals surface area contributed by atoms with Crippen LogP contribution in [0.1, 0.15) is 59.1 Å². The van der Waals surface area contributed by atoms with Gasteiger partial charge in [-0.25, -0.2) is 0 Å². The lowest BCUT2D eigenvalue weighted by atomic mass is 10.0. The molecule has 32 heavy (non-hydrogen) atoms. The average molecular weight is 440 g/mol. The number of piperidine rings is 1. The van der Waals surface area contributed by atoms with Crippen LogP contribution in [0.2, 0.25) is 0 Å². The van der Waals surface area contributed by atoms with Gasteiger partial charge in [-0.05, 0) is 50.4 Å². The number of hydrogen-bond donors (Lipinski definition) is 1. The van der Waals surface area contributed by atoms with Crippen LogP contribution in [0.3, 0.4) is 0 Å². The summed E-state index contributed by atoms with van der Waals surface area (Å²) in [5.74, 6) is 0.476. The van der Waals surface area contributed by atoms with Gasteiger partial charge in [-0.15, -0.1) is 0 Å². The minimum atomic E-state index is -0.215. The fourth-order valence-corrected chi connectivity index (χ4v) is 4.52. The summed E-state index contributed by atoms with van der Waals surface area (Å²) in [6.07, 6.45) is 4.75. The van der Waals surface area contributed by atoms with Gasteiger partial charge in [0.05, 0.1) is 13.7 Å². The first kappa shape index (κ1) is 22.3. The molecule has 1 unspecified atom stereocenters. The molecule has 0 bridgehead atoms. The van der Waals surface area contributed by atoms with Crippen LogP contribution in [-0.2, 0) is 13.1 Å². The van der Waals surface area contributed by atoms with Gasteiger partial charge in [-0.1, -0.05) is 18.6 Å². The Bertz CT molecular complexity index is 940. The smallest absolute Gasteiger partial charge is 0.272 e. The number of ether oxygens (including phenoxy) is 1. The second-order valence-corrected chi connectivity index (χ2v) is 8.70. The largest absolute Gasteiger partial charge is 0.497 e. The van der Waals surface area contributed by atoms with Crippen molar-refractivity contribution in [3.8, 4) is 5.75 Å². The molecule has 2 aromatic rings. The molecule has 2 amide bonds. The normalized spacial score (nSPS) is 19.0. The summed E-state index contributed by atoms with van der Waals surface area (Å²) in [5.41, 5.74) is 1.82. The zero-order chi connectivity index (χ0) is 22.5. The molecule has 172 valence electrons. The van der Waals surface area contributed by atoms with Crippen LogP contribution < -0.4 is 10.1 Å². The Kier molecular flexibility index (Phi) is 7.09. The molecule has 4 rings (SSSR count). The predicted octanol–water partition coefficient (Wildman–Crippen LogP) is 2.54. The van der Waals surface area contributed by atoms with Crippen molar-refractivity contribution in [3.05, 3.63) is 47.3 Å². The molecule has 1 fully saturated rings. The summed E-state index contributed by atoms with van der Waals surface area (Å²) < 4.78 is 6.84. The Morgan fingerprint density at radius 1 is 1.19 bits per heavy atom. The average Bonchev–Trinajstić information content (AvgIpc) is 3.25.